The van der Waals surface area contributed by atoms with Gasteiger partial charge in [0.2, 0.25) is 17.7 Å². The molecule has 7 nitrogen and oxygen atoms in total. The lowest BCUT2D eigenvalue weighted by Gasteiger charge is -2.12. The lowest BCUT2D eigenvalue weighted by atomic mass is 10.2. The van der Waals surface area contributed by atoms with Gasteiger partial charge in [-0.15, -0.1) is 10.2 Å². The smallest absolute Gasteiger partial charge is 0.248 e. The first-order valence-electron chi connectivity index (χ1n) is 9.25. The standard InChI is InChI=1S/C20H21N3O4S/c24-18(7-8-19-22-23-20(27-19)14-9-11-28-13-14)21-15-3-5-16(6-4-15)26-12-17-2-1-10-25-17/h3-6,9,11,13,17H,1-2,7-8,10,12H2,(H,21,24). The number of thiophene rings is 1. The molecule has 0 radical (unpaired) electrons. The lowest BCUT2D eigenvalue weighted by molar-refractivity contribution is -0.116. The van der Waals surface area contributed by atoms with E-state index in [1.807, 2.05) is 41.1 Å². The Labute approximate surface area is 166 Å². The van der Waals surface area contributed by atoms with E-state index in [1.165, 1.54) is 0 Å². The molecule has 0 saturated carbocycles. The second-order valence-corrected chi connectivity index (χ2v) is 7.31. The average molecular weight is 399 g/mol. The average Bonchev–Trinajstić information content (AvgIpc) is 3.48. The molecule has 2 aromatic heterocycles. The maximum absolute atomic E-state index is 12.2. The molecular formula is C20H21N3O4S. The van der Waals surface area contributed by atoms with Gasteiger partial charge in [0.15, 0.2) is 0 Å². The van der Waals surface area contributed by atoms with Crippen LogP contribution in [0.3, 0.4) is 0 Å². The molecule has 3 aromatic rings. The van der Waals surface area contributed by atoms with Crippen molar-refractivity contribution in [1.82, 2.24) is 10.2 Å². The number of aryl methyl sites for hydroxylation is 1. The highest BCUT2D eigenvalue weighted by Crippen LogP contribution is 2.21. The Morgan fingerprint density at radius 1 is 1.25 bits per heavy atom. The lowest BCUT2D eigenvalue weighted by Crippen LogP contribution is -2.16. The number of hydrogen-bond donors (Lipinski definition) is 1. The van der Waals surface area contributed by atoms with Gasteiger partial charge in [-0.1, -0.05) is 0 Å². The highest BCUT2D eigenvalue weighted by molar-refractivity contribution is 7.08. The van der Waals surface area contributed by atoms with Gasteiger partial charge in [0, 0.05) is 36.1 Å². The summed E-state index contributed by atoms with van der Waals surface area (Å²) in [6.45, 7) is 1.38. The van der Waals surface area contributed by atoms with Crippen LogP contribution in [0.1, 0.15) is 25.2 Å². The third kappa shape index (κ3) is 4.96. The molecule has 1 saturated heterocycles. The predicted octanol–water partition coefficient (Wildman–Crippen LogP) is 3.93. The van der Waals surface area contributed by atoms with E-state index in [2.05, 4.69) is 15.5 Å². The fraction of sp³-hybridized carbons (Fsp3) is 0.350. The van der Waals surface area contributed by atoms with E-state index in [9.17, 15) is 4.79 Å². The van der Waals surface area contributed by atoms with E-state index >= 15 is 0 Å². The van der Waals surface area contributed by atoms with Gasteiger partial charge in [-0.2, -0.15) is 11.3 Å². The Hall–Kier alpha value is -2.71. The molecule has 3 heterocycles. The normalized spacial score (nSPS) is 16.2. The molecular weight excluding hydrogens is 378 g/mol. The molecule has 0 aliphatic carbocycles. The van der Waals surface area contributed by atoms with Crippen LogP contribution in [0.25, 0.3) is 11.5 Å². The predicted molar refractivity (Wildman–Crippen MR) is 105 cm³/mol. The van der Waals surface area contributed by atoms with Crippen molar-refractivity contribution in [3.63, 3.8) is 0 Å². The summed E-state index contributed by atoms with van der Waals surface area (Å²) < 4.78 is 16.9. The zero-order valence-electron chi connectivity index (χ0n) is 15.3. The molecule has 1 aromatic carbocycles. The van der Waals surface area contributed by atoms with Crippen LogP contribution < -0.4 is 10.1 Å². The van der Waals surface area contributed by atoms with Gasteiger partial charge in [0.25, 0.3) is 0 Å². The molecule has 1 fully saturated rings. The van der Waals surface area contributed by atoms with Crippen LogP contribution in [0.15, 0.2) is 45.5 Å². The van der Waals surface area contributed by atoms with Crippen molar-refractivity contribution in [1.29, 1.82) is 0 Å². The van der Waals surface area contributed by atoms with Crippen LogP contribution >= 0.6 is 11.3 Å². The number of amides is 1. The third-order valence-electron chi connectivity index (χ3n) is 4.40. The van der Waals surface area contributed by atoms with E-state index < -0.39 is 0 Å². The number of anilines is 1. The van der Waals surface area contributed by atoms with E-state index in [4.69, 9.17) is 13.9 Å². The fourth-order valence-corrected chi connectivity index (χ4v) is 3.53. The number of rotatable bonds is 8. The zero-order chi connectivity index (χ0) is 19.2. The minimum Gasteiger partial charge on any atom is -0.491 e. The number of benzene rings is 1. The number of ether oxygens (including phenoxy) is 2. The number of hydrogen-bond acceptors (Lipinski definition) is 7. The topological polar surface area (TPSA) is 86.5 Å². The Balaban J connectivity index is 1.22. The van der Waals surface area contributed by atoms with Gasteiger partial charge < -0.3 is 19.2 Å². The Kier molecular flexibility index (Phi) is 5.98. The first kappa shape index (κ1) is 18.6. The van der Waals surface area contributed by atoms with Gasteiger partial charge in [-0.05, 0) is 48.6 Å². The van der Waals surface area contributed by atoms with E-state index in [0.717, 1.165) is 36.4 Å². The van der Waals surface area contributed by atoms with Gasteiger partial charge in [-0.25, -0.2) is 0 Å². The number of aromatic nitrogens is 2. The maximum atomic E-state index is 12.2. The molecule has 1 N–H and O–H groups in total. The number of carbonyl (C=O) groups excluding carboxylic acids is 1. The summed E-state index contributed by atoms with van der Waals surface area (Å²) in [6.07, 6.45) is 2.99. The minimum atomic E-state index is -0.108. The van der Waals surface area contributed by atoms with Crippen molar-refractivity contribution in [2.75, 3.05) is 18.5 Å². The summed E-state index contributed by atoms with van der Waals surface area (Å²) in [5.74, 6) is 1.59. The molecule has 0 bridgehead atoms. The van der Waals surface area contributed by atoms with Crippen LogP contribution in [0.4, 0.5) is 5.69 Å². The first-order valence-corrected chi connectivity index (χ1v) is 10.2. The monoisotopic (exact) mass is 399 g/mol. The van der Waals surface area contributed by atoms with Crippen molar-refractivity contribution in [3.05, 3.63) is 47.0 Å². The van der Waals surface area contributed by atoms with Gasteiger partial charge in [0.05, 0.1) is 6.10 Å². The molecule has 1 aliphatic heterocycles. The highest BCUT2D eigenvalue weighted by atomic mass is 32.1. The Morgan fingerprint density at radius 2 is 2.14 bits per heavy atom. The summed E-state index contributed by atoms with van der Waals surface area (Å²) in [5, 5.41) is 14.8. The molecule has 1 aliphatic rings. The molecule has 28 heavy (non-hydrogen) atoms. The highest BCUT2D eigenvalue weighted by Gasteiger charge is 2.16. The summed E-state index contributed by atoms with van der Waals surface area (Å²) >= 11 is 1.57. The van der Waals surface area contributed by atoms with Gasteiger partial charge >= 0.3 is 0 Å². The van der Waals surface area contributed by atoms with E-state index in [-0.39, 0.29) is 18.4 Å². The van der Waals surface area contributed by atoms with Crippen LogP contribution in [0, 0.1) is 0 Å². The van der Waals surface area contributed by atoms with Crippen LogP contribution in [-0.2, 0) is 16.0 Å². The summed E-state index contributed by atoms with van der Waals surface area (Å²) in [4.78, 5) is 12.2. The molecule has 0 spiro atoms. The second kappa shape index (κ2) is 8.99. The number of nitrogens with one attached hydrogen (secondary N) is 1. The quantitative estimate of drug-likeness (QED) is 0.618. The number of nitrogens with zero attached hydrogens (tertiary/aromatic N) is 2. The summed E-state index contributed by atoms with van der Waals surface area (Å²) in [7, 11) is 0. The maximum Gasteiger partial charge on any atom is 0.248 e. The first-order chi connectivity index (χ1) is 13.8. The molecule has 146 valence electrons. The second-order valence-electron chi connectivity index (χ2n) is 6.53. The van der Waals surface area contributed by atoms with Crippen molar-refractivity contribution in [2.24, 2.45) is 0 Å². The zero-order valence-corrected chi connectivity index (χ0v) is 16.1. The van der Waals surface area contributed by atoms with E-state index in [1.54, 1.807) is 11.3 Å². The summed E-state index contributed by atoms with van der Waals surface area (Å²) in [6, 6.07) is 9.25. The molecule has 1 unspecified atom stereocenters. The van der Waals surface area contributed by atoms with Crippen molar-refractivity contribution in [3.8, 4) is 17.2 Å². The molecule has 8 heteroatoms. The Bertz CT molecular complexity index is 887. The van der Waals surface area contributed by atoms with Crippen molar-refractivity contribution in [2.45, 2.75) is 31.8 Å². The van der Waals surface area contributed by atoms with Crippen molar-refractivity contribution < 1.29 is 18.7 Å². The SMILES string of the molecule is O=C(CCc1nnc(-c2ccsc2)o1)Nc1ccc(OCC2CCCO2)cc1. The molecule has 1 amide bonds. The molecule has 1 atom stereocenters. The van der Waals surface area contributed by atoms with Gasteiger partial charge in [-0.3, -0.25) is 4.79 Å². The number of carbonyl (C=O) groups is 1. The summed E-state index contributed by atoms with van der Waals surface area (Å²) in [5.41, 5.74) is 1.62. The van der Waals surface area contributed by atoms with Crippen molar-refractivity contribution >= 4 is 22.9 Å². The third-order valence-corrected chi connectivity index (χ3v) is 5.08. The minimum absolute atomic E-state index is 0.108. The molecule has 4 rings (SSSR count). The van der Waals surface area contributed by atoms with E-state index in [0.29, 0.717) is 24.8 Å². The largest absolute Gasteiger partial charge is 0.491 e. The van der Waals surface area contributed by atoms with Gasteiger partial charge in [0.1, 0.15) is 12.4 Å². The van der Waals surface area contributed by atoms with Crippen LogP contribution in [0.2, 0.25) is 0 Å². The van der Waals surface area contributed by atoms with Crippen LogP contribution in [0.5, 0.6) is 5.75 Å². The Morgan fingerprint density at radius 3 is 2.89 bits per heavy atom. The fourth-order valence-electron chi connectivity index (χ4n) is 2.90. The van der Waals surface area contributed by atoms with Crippen LogP contribution in [-0.4, -0.2) is 35.4 Å².